The summed E-state index contributed by atoms with van der Waals surface area (Å²) in [6.45, 7) is 3.85. The Kier molecular flexibility index (Phi) is 5.99. The Morgan fingerprint density at radius 1 is 1.25 bits per heavy atom. The van der Waals surface area contributed by atoms with Gasteiger partial charge in [-0.2, -0.15) is 0 Å². The highest BCUT2D eigenvalue weighted by atomic mass is 16.4. The first-order valence-electron chi connectivity index (χ1n) is 6.41. The van der Waals surface area contributed by atoms with Gasteiger partial charge in [-0.1, -0.05) is 30.3 Å². The fourth-order valence-corrected chi connectivity index (χ4v) is 1.64. The summed E-state index contributed by atoms with van der Waals surface area (Å²) >= 11 is 0. The molecular formula is C14H20N2O4. The molecule has 0 aliphatic heterocycles. The summed E-state index contributed by atoms with van der Waals surface area (Å²) in [6, 6.07) is 9.05. The van der Waals surface area contributed by atoms with Crippen molar-refractivity contribution < 1.29 is 19.8 Å². The summed E-state index contributed by atoms with van der Waals surface area (Å²) in [5.74, 6) is -1.36. The van der Waals surface area contributed by atoms with Crippen LogP contribution in [0.4, 0.5) is 4.79 Å². The highest BCUT2D eigenvalue weighted by Crippen LogP contribution is 2.08. The fourth-order valence-electron chi connectivity index (χ4n) is 1.64. The molecule has 0 aliphatic rings. The second kappa shape index (κ2) is 7.49. The Balaban J connectivity index is 2.62. The molecule has 1 unspecified atom stereocenters. The fraction of sp³-hybridized carbons (Fsp3) is 0.429. The maximum atomic E-state index is 12.0. The van der Waals surface area contributed by atoms with Crippen LogP contribution in [-0.4, -0.2) is 45.8 Å². The number of carbonyl (C=O) groups is 2. The van der Waals surface area contributed by atoms with Crippen LogP contribution in [0, 0.1) is 0 Å². The van der Waals surface area contributed by atoms with Gasteiger partial charge in [0.2, 0.25) is 0 Å². The molecule has 1 aromatic rings. The van der Waals surface area contributed by atoms with Crippen LogP contribution in [-0.2, 0) is 11.3 Å². The molecule has 0 heterocycles. The van der Waals surface area contributed by atoms with Gasteiger partial charge in [-0.3, -0.25) is 0 Å². The highest BCUT2D eigenvalue weighted by Gasteiger charge is 2.20. The van der Waals surface area contributed by atoms with Crippen molar-refractivity contribution in [2.24, 2.45) is 0 Å². The number of carboxylic acid groups (broad SMARTS) is 1. The molecule has 0 fully saturated rings. The van der Waals surface area contributed by atoms with Gasteiger partial charge in [0.1, 0.15) is 0 Å². The molecule has 0 saturated heterocycles. The predicted octanol–water partition coefficient (Wildman–Crippen LogP) is 1.05. The third kappa shape index (κ3) is 4.89. The molecule has 1 aromatic carbocycles. The summed E-state index contributed by atoms with van der Waals surface area (Å²) in [6.07, 6.45) is -1.59. The number of rotatable bonds is 6. The van der Waals surface area contributed by atoms with E-state index in [2.05, 4.69) is 5.32 Å². The topological polar surface area (TPSA) is 89.9 Å². The van der Waals surface area contributed by atoms with Crippen LogP contribution in [0.25, 0.3) is 0 Å². The van der Waals surface area contributed by atoms with E-state index in [0.29, 0.717) is 6.54 Å². The lowest BCUT2D eigenvalue weighted by atomic mass is 10.2. The Bertz CT molecular complexity index is 448. The predicted molar refractivity (Wildman–Crippen MR) is 74.2 cm³/mol. The van der Waals surface area contributed by atoms with E-state index >= 15 is 0 Å². The molecule has 2 amide bonds. The molecular weight excluding hydrogens is 260 g/mol. The number of aliphatic hydroxyl groups excluding tert-OH is 1. The minimum atomic E-state index is -1.59. The Morgan fingerprint density at radius 2 is 1.85 bits per heavy atom. The Hall–Kier alpha value is -2.08. The smallest absolute Gasteiger partial charge is 0.334 e. The Labute approximate surface area is 118 Å². The van der Waals surface area contributed by atoms with Gasteiger partial charge in [-0.25, -0.2) is 9.59 Å². The molecule has 1 rings (SSSR count). The molecule has 6 nitrogen and oxygen atoms in total. The highest BCUT2D eigenvalue weighted by molar-refractivity contribution is 5.77. The molecule has 0 aliphatic carbocycles. The molecule has 1 atom stereocenters. The zero-order chi connectivity index (χ0) is 15.1. The maximum Gasteiger partial charge on any atom is 0.334 e. The van der Waals surface area contributed by atoms with Gasteiger partial charge in [-0.15, -0.1) is 0 Å². The van der Waals surface area contributed by atoms with E-state index in [0.717, 1.165) is 5.56 Å². The molecule has 0 aromatic heterocycles. The van der Waals surface area contributed by atoms with Crippen LogP contribution in [0.5, 0.6) is 0 Å². The third-order valence-electron chi connectivity index (χ3n) is 2.81. The monoisotopic (exact) mass is 280 g/mol. The van der Waals surface area contributed by atoms with Crippen molar-refractivity contribution in [2.75, 3.05) is 6.54 Å². The van der Waals surface area contributed by atoms with E-state index in [4.69, 9.17) is 10.2 Å². The van der Waals surface area contributed by atoms with Gasteiger partial charge in [-0.05, 0) is 19.4 Å². The second-order valence-electron chi connectivity index (χ2n) is 4.75. The SMILES string of the molecule is CC(C)N(Cc1ccccc1)C(=O)NCC(O)C(=O)O. The largest absolute Gasteiger partial charge is 0.479 e. The van der Waals surface area contributed by atoms with Crippen molar-refractivity contribution in [3.8, 4) is 0 Å². The van der Waals surface area contributed by atoms with E-state index in [-0.39, 0.29) is 12.6 Å². The summed E-state index contributed by atoms with van der Waals surface area (Å²) < 4.78 is 0. The minimum absolute atomic E-state index is 0.0443. The average molecular weight is 280 g/mol. The van der Waals surface area contributed by atoms with Crippen molar-refractivity contribution in [1.29, 1.82) is 0 Å². The maximum absolute atomic E-state index is 12.0. The van der Waals surface area contributed by atoms with Crippen LogP contribution >= 0.6 is 0 Å². The van der Waals surface area contributed by atoms with Crippen molar-refractivity contribution in [2.45, 2.75) is 32.5 Å². The van der Waals surface area contributed by atoms with Gasteiger partial charge in [0.25, 0.3) is 0 Å². The van der Waals surface area contributed by atoms with Gasteiger partial charge in [0.15, 0.2) is 6.10 Å². The van der Waals surface area contributed by atoms with Crippen molar-refractivity contribution in [1.82, 2.24) is 10.2 Å². The van der Waals surface area contributed by atoms with E-state index in [1.807, 2.05) is 44.2 Å². The number of aliphatic carboxylic acids is 1. The third-order valence-corrected chi connectivity index (χ3v) is 2.81. The van der Waals surface area contributed by atoms with Crippen LogP contribution < -0.4 is 5.32 Å². The Morgan fingerprint density at radius 3 is 2.35 bits per heavy atom. The quantitative estimate of drug-likeness (QED) is 0.726. The van der Waals surface area contributed by atoms with Crippen molar-refractivity contribution in [3.63, 3.8) is 0 Å². The normalized spacial score (nSPS) is 12.0. The van der Waals surface area contributed by atoms with Crippen LogP contribution in [0.15, 0.2) is 30.3 Å². The van der Waals surface area contributed by atoms with Gasteiger partial charge in [0, 0.05) is 12.6 Å². The molecule has 110 valence electrons. The van der Waals surface area contributed by atoms with Crippen LogP contribution in [0.2, 0.25) is 0 Å². The molecule has 0 bridgehead atoms. The van der Waals surface area contributed by atoms with E-state index in [9.17, 15) is 9.59 Å². The molecule has 0 saturated carbocycles. The first kappa shape index (κ1) is 16.0. The number of amides is 2. The number of benzene rings is 1. The van der Waals surface area contributed by atoms with Gasteiger partial charge >= 0.3 is 12.0 Å². The summed E-state index contributed by atoms with van der Waals surface area (Å²) in [5, 5.41) is 20.1. The van der Waals surface area contributed by atoms with Crippen molar-refractivity contribution in [3.05, 3.63) is 35.9 Å². The average Bonchev–Trinajstić information content (AvgIpc) is 2.42. The molecule has 0 spiro atoms. The number of carbonyl (C=O) groups excluding carboxylic acids is 1. The van der Waals surface area contributed by atoms with Crippen molar-refractivity contribution >= 4 is 12.0 Å². The minimum Gasteiger partial charge on any atom is -0.479 e. The number of aliphatic hydroxyl groups is 1. The standard InChI is InChI=1S/C14H20N2O4/c1-10(2)16(9-11-6-4-3-5-7-11)14(20)15-8-12(17)13(18)19/h3-7,10,12,17H,8-9H2,1-2H3,(H,15,20)(H,18,19). The van der Waals surface area contributed by atoms with Crippen LogP contribution in [0.3, 0.4) is 0 Å². The van der Waals surface area contributed by atoms with Gasteiger partial charge in [0.05, 0.1) is 6.54 Å². The zero-order valence-corrected chi connectivity index (χ0v) is 11.6. The summed E-state index contributed by atoms with van der Waals surface area (Å²) in [4.78, 5) is 24.1. The number of carboxylic acids is 1. The molecule has 0 radical (unpaired) electrons. The summed E-state index contributed by atoms with van der Waals surface area (Å²) in [7, 11) is 0. The first-order chi connectivity index (χ1) is 9.41. The number of hydrogen-bond donors (Lipinski definition) is 3. The number of nitrogens with zero attached hydrogens (tertiary/aromatic N) is 1. The van der Waals surface area contributed by atoms with E-state index < -0.39 is 18.1 Å². The molecule has 3 N–H and O–H groups in total. The first-order valence-corrected chi connectivity index (χ1v) is 6.41. The second-order valence-corrected chi connectivity index (χ2v) is 4.75. The van der Waals surface area contributed by atoms with E-state index in [1.54, 1.807) is 4.90 Å². The van der Waals surface area contributed by atoms with Crippen LogP contribution in [0.1, 0.15) is 19.4 Å². The summed E-state index contributed by atoms with van der Waals surface area (Å²) in [5.41, 5.74) is 0.982. The molecule has 6 heteroatoms. The lowest BCUT2D eigenvalue weighted by molar-refractivity contribution is -0.146. The lowest BCUT2D eigenvalue weighted by Crippen LogP contribution is -2.46. The van der Waals surface area contributed by atoms with E-state index in [1.165, 1.54) is 0 Å². The number of urea groups is 1. The van der Waals surface area contributed by atoms with Gasteiger partial charge < -0.3 is 20.4 Å². The number of hydrogen-bond acceptors (Lipinski definition) is 3. The lowest BCUT2D eigenvalue weighted by Gasteiger charge is -2.27. The number of nitrogens with one attached hydrogen (secondary N) is 1. The zero-order valence-electron chi connectivity index (χ0n) is 11.6. The molecule has 20 heavy (non-hydrogen) atoms.